The van der Waals surface area contributed by atoms with Crippen molar-refractivity contribution in [3.63, 3.8) is 0 Å². The fourth-order valence-corrected chi connectivity index (χ4v) is 2.77. The van der Waals surface area contributed by atoms with E-state index in [0.29, 0.717) is 33.0 Å². The van der Waals surface area contributed by atoms with Crippen LogP contribution in [0.2, 0.25) is 0 Å². The standard InChI is InChI=1S/C20H25BrN2O3/c1-3-25-11-12-26-15-16-7-6-9-18(13-16)22-20(24)23(2)14-17-8-4-5-10-19(17)21/h4-10,13H,3,11-12,14-15H2,1-2H3,(H,22,24). The Balaban J connectivity index is 1.86. The summed E-state index contributed by atoms with van der Waals surface area (Å²) in [5.41, 5.74) is 2.81. The van der Waals surface area contributed by atoms with Crippen molar-refractivity contribution in [1.29, 1.82) is 0 Å². The second-order valence-electron chi connectivity index (χ2n) is 5.83. The Hall–Kier alpha value is -1.89. The highest BCUT2D eigenvalue weighted by atomic mass is 79.9. The molecular weight excluding hydrogens is 396 g/mol. The van der Waals surface area contributed by atoms with E-state index in [9.17, 15) is 4.79 Å². The molecule has 0 unspecified atom stereocenters. The molecule has 1 N–H and O–H groups in total. The Morgan fingerprint density at radius 2 is 1.88 bits per heavy atom. The number of hydrogen-bond donors (Lipinski definition) is 1. The second kappa shape index (κ2) is 11.0. The van der Waals surface area contributed by atoms with Gasteiger partial charge in [0.05, 0.1) is 19.8 Å². The number of nitrogens with zero attached hydrogens (tertiary/aromatic N) is 1. The minimum Gasteiger partial charge on any atom is -0.379 e. The van der Waals surface area contributed by atoms with Crippen LogP contribution in [0.4, 0.5) is 10.5 Å². The fraction of sp³-hybridized carbons (Fsp3) is 0.350. The molecule has 0 fully saturated rings. The zero-order valence-corrected chi connectivity index (χ0v) is 16.8. The molecule has 0 spiro atoms. The van der Waals surface area contributed by atoms with Crippen LogP contribution in [0.5, 0.6) is 0 Å². The van der Waals surface area contributed by atoms with Gasteiger partial charge in [-0.05, 0) is 36.2 Å². The van der Waals surface area contributed by atoms with Crippen LogP contribution in [0.1, 0.15) is 18.1 Å². The van der Waals surface area contributed by atoms with Gasteiger partial charge >= 0.3 is 6.03 Å². The van der Waals surface area contributed by atoms with Crippen molar-refractivity contribution in [2.45, 2.75) is 20.1 Å². The number of benzene rings is 2. The van der Waals surface area contributed by atoms with Crippen LogP contribution in [0.15, 0.2) is 53.0 Å². The molecule has 2 aromatic carbocycles. The molecule has 26 heavy (non-hydrogen) atoms. The molecule has 0 bridgehead atoms. The molecule has 0 aliphatic rings. The van der Waals surface area contributed by atoms with Crippen LogP contribution >= 0.6 is 15.9 Å². The predicted octanol–water partition coefficient (Wildman–Crippen LogP) is 4.67. The summed E-state index contributed by atoms with van der Waals surface area (Å²) >= 11 is 3.51. The number of anilines is 1. The van der Waals surface area contributed by atoms with Crippen molar-refractivity contribution in [1.82, 2.24) is 4.90 Å². The minimum absolute atomic E-state index is 0.157. The summed E-state index contributed by atoms with van der Waals surface area (Å²) in [6, 6.07) is 15.4. The molecule has 0 aromatic heterocycles. The van der Waals surface area contributed by atoms with Crippen molar-refractivity contribution < 1.29 is 14.3 Å². The summed E-state index contributed by atoms with van der Waals surface area (Å²) in [5.74, 6) is 0. The van der Waals surface area contributed by atoms with Crippen LogP contribution in [0, 0.1) is 0 Å². The predicted molar refractivity (Wildman–Crippen MR) is 107 cm³/mol. The third kappa shape index (κ3) is 6.78. The molecule has 2 aromatic rings. The smallest absolute Gasteiger partial charge is 0.321 e. The van der Waals surface area contributed by atoms with E-state index in [4.69, 9.17) is 9.47 Å². The highest BCUT2D eigenvalue weighted by Gasteiger charge is 2.11. The Labute approximate surface area is 163 Å². The van der Waals surface area contributed by atoms with Crippen molar-refractivity contribution >= 4 is 27.6 Å². The largest absolute Gasteiger partial charge is 0.379 e. The van der Waals surface area contributed by atoms with Gasteiger partial charge in [0.15, 0.2) is 0 Å². The molecule has 0 radical (unpaired) electrons. The van der Waals surface area contributed by atoms with Gasteiger partial charge < -0.3 is 19.7 Å². The highest BCUT2D eigenvalue weighted by molar-refractivity contribution is 9.10. The van der Waals surface area contributed by atoms with E-state index in [1.54, 1.807) is 11.9 Å². The second-order valence-corrected chi connectivity index (χ2v) is 6.68. The zero-order valence-electron chi connectivity index (χ0n) is 15.2. The highest BCUT2D eigenvalue weighted by Crippen LogP contribution is 2.18. The topological polar surface area (TPSA) is 50.8 Å². The number of halogens is 1. The first kappa shape index (κ1) is 20.4. The third-order valence-electron chi connectivity index (χ3n) is 3.74. The molecule has 2 rings (SSSR count). The lowest BCUT2D eigenvalue weighted by molar-refractivity contribution is 0.0453. The SMILES string of the molecule is CCOCCOCc1cccc(NC(=O)N(C)Cc2ccccc2Br)c1. The maximum Gasteiger partial charge on any atom is 0.321 e. The Kier molecular flexibility index (Phi) is 8.61. The maximum absolute atomic E-state index is 12.4. The molecule has 0 atom stereocenters. The molecule has 0 aliphatic carbocycles. The van der Waals surface area contributed by atoms with Gasteiger partial charge in [-0.15, -0.1) is 0 Å². The lowest BCUT2D eigenvalue weighted by Crippen LogP contribution is -2.31. The van der Waals surface area contributed by atoms with Gasteiger partial charge in [-0.3, -0.25) is 0 Å². The molecule has 0 heterocycles. The van der Waals surface area contributed by atoms with Crippen molar-refractivity contribution in [3.8, 4) is 0 Å². The van der Waals surface area contributed by atoms with Crippen LogP contribution in [0.3, 0.4) is 0 Å². The normalized spacial score (nSPS) is 10.6. The molecular formula is C20H25BrN2O3. The van der Waals surface area contributed by atoms with Gasteiger partial charge in [-0.25, -0.2) is 4.79 Å². The summed E-state index contributed by atoms with van der Waals surface area (Å²) in [6.45, 7) is 4.81. The summed E-state index contributed by atoms with van der Waals surface area (Å²) in [6.07, 6.45) is 0. The van der Waals surface area contributed by atoms with Crippen LogP contribution in [-0.4, -0.2) is 37.8 Å². The molecule has 0 saturated heterocycles. The van der Waals surface area contributed by atoms with Crippen molar-refractivity contribution in [3.05, 3.63) is 64.1 Å². The lowest BCUT2D eigenvalue weighted by Gasteiger charge is -2.19. The van der Waals surface area contributed by atoms with Crippen LogP contribution in [-0.2, 0) is 22.6 Å². The third-order valence-corrected chi connectivity index (χ3v) is 4.51. The van der Waals surface area contributed by atoms with E-state index in [1.807, 2.05) is 55.5 Å². The van der Waals surface area contributed by atoms with Crippen molar-refractivity contribution in [2.75, 3.05) is 32.2 Å². The fourth-order valence-electron chi connectivity index (χ4n) is 2.36. The number of hydrogen-bond acceptors (Lipinski definition) is 3. The van der Waals surface area contributed by atoms with Crippen LogP contribution < -0.4 is 5.32 Å². The molecule has 0 saturated carbocycles. The quantitative estimate of drug-likeness (QED) is 0.599. The van der Waals surface area contributed by atoms with Gasteiger partial charge in [0.1, 0.15) is 0 Å². The van der Waals surface area contributed by atoms with E-state index in [2.05, 4.69) is 21.2 Å². The number of rotatable bonds is 9. The van der Waals surface area contributed by atoms with Crippen LogP contribution in [0.25, 0.3) is 0 Å². The Bertz CT molecular complexity index is 709. The monoisotopic (exact) mass is 420 g/mol. The lowest BCUT2D eigenvalue weighted by atomic mass is 10.2. The van der Waals surface area contributed by atoms with E-state index >= 15 is 0 Å². The van der Waals surface area contributed by atoms with Gasteiger partial charge in [0.25, 0.3) is 0 Å². The number of nitrogens with one attached hydrogen (secondary N) is 1. The number of carbonyl (C=O) groups is 1. The summed E-state index contributed by atoms with van der Waals surface area (Å²) < 4.78 is 11.8. The Morgan fingerprint density at radius 3 is 2.65 bits per heavy atom. The molecule has 0 aliphatic heterocycles. The molecule has 2 amide bonds. The first-order chi connectivity index (χ1) is 12.6. The van der Waals surface area contributed by atoms with E-state index in [-0.39, 0.29) is 6.03 Å². The van der Waals surface area contributed by atoms with Gasteiger partial charge in [-0.1, -0.05) is 46.3 Å². The minimum atomic E-state index is -0.157. The Morgan fingerprint density at radius 1 is 1.12 bits per heavy atom. The zero-order chi connectivity index (χ0) is 18.8. The molecule has 6 heteroatoms. The summed E-state index contributed by atoms with van der Waals surface area (Å²) in [4.78, 5) is 14.1. The summed E-state index contributed by atoms with van der Waals surface area (Å²) in [7, 11) is 1.77. The number of carbonyl (C=O) groups excluding carboxylic acids is 1. The first-order valence-corrected chi connectivity index (χ1v) is 9.39. The molecule has 5 nitrogen and oxygen atoms in total. The molecule has 140 valence electrons. The first-order valence-electron chi connectivity index (χ1n) is 8.60. The van der Waals surface area contributed by atoms with Gasteiger partial charge in [0.2, 0.25) is 0 Å². The summed E-state index contributed by atoms with van der Waals surface area (Å²) in [5, 5.41) is 2.92. The van der Waals surface area contributed by atoms with E-state index < -0.39 is 0 Å². The van der Waals surface area contributed by atoms with Gasteiger partial charge in [-0.2, -0.15) is 0 Å². The average molecular weight is 421 g/mol. The average Bonchev–Trinajstić information content (AvgIpc) is 2.63. The number of amides is 2. The maximum atomic E-state index is 12.4. The van der Waals surface area contributed by atoms with Gasteiger partial charge in [0, 0.05) is 30.4 Å². The van der Waals surface area contributed by atoms with E-state index in [1.165, 1.54) is 0 Å². The number of ether oxygens (including phenoxy) is 2. The van der Waals surface area contributed by atoms with E-state index in [0.717, 1.165) is 21.3 Å². The number of urea groups is 1. The van der Waals surface area contributed by atoms with Crippen molar-refractivity contribution in [2.24, 2.45) is 0 Å².